The van der Waals surface area contributed by atoms with E-state index in [9.17, 15) is 4.79 Å². The third kappa shape index (κ3) is 3.38. The Hall–Kier alpha value is -1.84. The van der Waals surface area contributed by atoms with Gasteiger partial charge in [-0.1, -0.05) is 6.07 Å². The van der Waals surface area contributed by atoms with Gasteiger partial charge in [-0.05, 0) is 25.1 Å². The molecule has 16 heavy (non-hydrogen) atoms. The highest BCUT2D eigenvalue weighted by molar-refractivity contribution is 6.01. The smallest absolute Gasteiger partial charge is 0.280 e. The molecule has 0 bridgehead atoms. The Morgan fingerprint density at radius 2 is 2.19 bits per heavy atom. The fraction of sp³-hybridized carbons (Fsp3) is 0.333. The first-order valence-corrected chi connectivity index (χ1v) is 5.03. The molecular weight excluding hydrogens is 206 g/mol. The molecule has 1 rings (SSSR count). The summed E-state index contributed by atoms with van der Waals surface area (Å²) >= 11 is 0. The summed E-state index contributed by atoms with van der Waals surface area (Å²) in [5, 5.41) is 0. The van der Waals surface area contributed by atoms with E-state index in [1.165, 1.54) is 0 Å². The molecule has 0 saturated heterocycles. The molecule has 0 aliphatic carbocycles. The number of benzene rings is 1. The minimum absolute atomic E-state index is 0.329. The van der Waals surface area contributed by atoms with Gasteiger partial charge in [0.15, 0.2) is 5.90 Å². The monoisotopic (exact) mass is 221 g/mol. The van der Waals surface area contributed by atoms with Crippen molar-refractivity contribution < 1.29 is 14.3 Å². The SMILES string of the molecule is CCO/C(C)=N/C(=O)c1cccc(OC)c1. The maximum Gasteiger partial charge on any atom is 0.280 e. The van der Waals surface area contributed by atoms with Gasteiger partial charge in [0.25, 0.3) is 5.91 Å². The average Bonchev–Trinajstić information content (AvgIpc) is 2.29. The van der Waals surface area contributed by atoms with E-state index in [-0.39, 0.29) is 5.91 Å². The predicted octanol–water partition coefficient (Wildman–Crippen LogP) is 2.29. The standard InChI is InChI=1S/C12H15NO3/c1-4-16-9(2)13-12(14)10-6-5-7-11(8-10)15-3/h5-8H,4H2,1-3H3/b13-9+. The fourth-order valence-electron chi connectivity index (χ4n) is 1.20. The first-order chi connectivity index (χ1) is 7.67. The van der Waals surface area contributed by atoms with Crippen molar-refractivity contribution in [3.63, 3.8) is 0 Å². The lowest BCUT2D eigenvalue weighted by Crippen LogP contribution is -2.04. The summed E-state index contributed by atoms with van der Waals surface area (Å²) in [7, 11) is 1.55. The van der Waals surface area contributed by atoms with Gasteiger partial charge in [-0.15, -0.1) is 0 Å². The first-order valence-electron chi connectivity index (χ1n) is 5.03. The van der Waals surface area contributed by atoms with E-state index in [0.717, 1.165) is 0 Å². The van der Waals surface area contributed by atoms with Crippen molar-refractivity contribution in [2.75, 3.05) is 13.7 Å². The number of ether oxygens (including phenoxy) is 2. The number of amides is 1. The van der Waals surface area contributed by atoms with E-state index >= 15 is 0 Å². The molecule has 0 saturated carbocycles. The maximum atomic E-state index is 11.7. The molecule has 1 amide bonds. The van der Waals surface area contributed by atoms with Gasteiger partial charge in [0.05, 0.1) is 13.7 Å². The van der Waals surface area contributed by atoms with Crippen LogP contribution in [0.15, 0.2) is 29.3 Å². The Balaban J connectivity index is 2.84. The second kappa shape index (κ2) is 5.90. The molecule has 0 atom stereocenters. The molecule has 0 heterocycles. The zero-order chi connectivity index (χ0) is 12.0. The van der Waals surface area contributed by atoms with E-state index in [1.807, 2.05) is 6.92 Å². The minimum atomic E-state index is -0.329. The normalized spacial score (nSPS) is 11.1. The number of carbonyl (C=O) groups is 1. The van der Waals surface area contributed by atoms with Crippen molar-refractivity contribution in [2.24, 2.45) is 4.99 Å². The Labute approximate surface area is 94.9 Å². The van der Waals surface area contributed by atoms with Crippen molar-refractivity contribution in [1.29, 1.82) is 0 Å². The summed E-state index contributed by atoms with van der Waals surface area (Å²) in [5.74, 6) is 0.676. The van der Waals surface area contributed by atoms with Crippen LogP contribution in [0.3, 0.4) is 0 Å². The Morgan fingerprint density at radius 3 is 2.81 bits per heavy atom. The molecule has 4 nitrogen and oxygen atoms in total. The quantitative estimate of drug-likeness (QED) is 0.581. The third-order valence-corrected chi connectivity index (χ3v) is 1.93. The number of rotatable bonds is 3. The highest BCUT2D eigenvalue weighted by Gasteiger charge is 2.06. The van der Waals surface area contributed by atoms with Gasteiger partial charge in [0, 0.05) is 12.5 Å². The van der Waals surface area contributed by atoms with E-state index in [4.69, 9.17) is 9.47 Å². The Kier molecular flexibility index (Phi) is 4.51. The number of methoxy groups -OCH3 is 1. The zero-order valence-corrected chi connectivity index (χ0v) is 9.69. The van der Waals surface area contributed by atoms with Crippen LogP contribution in [0.2, 0.25) is 0 Å². The van der Waals surface area contributed by atoms with E-state index in [2.05, 4.69) is 4.99 Å². The lowest BCUT2D eigenvalue weighted by atomic mass is 10.2. The van der Waals surface area contributed by atoms with Crippen LogP contribution in [0.1, 0.15) is 24.2 Å². The van der Waals surface area contributed by atoms with E-state index < -0.39 is 0 Å². The molecule has 1 aromatic rings. The van der Waals surface area contributed by atoms with Crippen molar-refractivity contribution in [3.8, 4) is 5.75 Å². The van der Waals surface area contributed by atoms with E-state index in [1.54, 1.807) is 38.3 Å². The van der Waals surface area contributed by atoms with Crippen molar-refractivity contribution in [1.82, 2.24) is 0 Å². The molecular formula is C12H15NO3. The summed E-state index contributed by atoms with van der Waals surface area (Å²) in [5.41, 5.74) is 0.485. The summed E-state index contributed by atoms with van der Waals surface area (Å²) in [6.45, 7) is 4.00. The van der Waals surface area contributed by atoms with Gasteiger partial charge in [0.2, 0.25) is 0 Å². The van der Waals surface area contributed by atoms with Crippen LogP contribution in [-0.2, 0) is 4.74 Å². The largest absolute Gasteiger partial charge is 0.497 e. The summed E-state index contributed by atoms with van der Waals surface area (Å²) < 4.78 is 10.1. The van der Waals surface area contributed by atoms with Gasteiger partial charge >= 0.3 is 0 Å². The summed E-state index contributed by atoms with van der Waals surface area (Å²) in [6, 6.07) is 6.85. The first kappa shape index (κ1) is 12.2. The van der Waals surface area contributed by atoms with Crippen LogP contribution in [0.25, 0.3) is 0 Å². The topological polar surface area (TPSA) is 47.9 Å². The molecule has 0 aliphatic rings. The minimum Gasteiger partial charge on any atom is -0.497 e. The fourth-order valence-corrected chi connectivity index (χ4v) is 1.20. The molecule has 1 aromatic carbocycles. The van der Waals surface area contributed by atoms with Crippen LogP contribution < -0.4 is 4.74 Å². The summed E-state index contributed by atoms with van der Waals surface area (Å²) in [6.07, 6.45) is 0. The van der Waals surface area contributed by atoms with Crippen LogP contribution in [0, 0.1) is 0 Å². The molecule has 86 valence electrons. The number of nitrogens with zero attached hydrogens (tertiary/aromatic N) is 1. The Bertz CT molecular complexity index is 399. The second-order valence-corrected chi connectivity index (χ2v) is 3.10. The molecule has 0 aromatic heterocycles. The molecule has 0 N–H and O–H groups in total. The molecule has 0 unspecified atom stereocenters. The molecule has 4 heteroatoms. The third-order valence-electron chi connectivity index (χ3n) is 1.93. The van der Waals surface area contributed by atoms with Gasteiger partial charge in [-0.3, -0.25) is 4.79 Å². The molecule has 0 radical (unpaired) electrons. The van der Waals surface area contributed by atoms with Crippen LogP contribution in [-0.4, -0.2) is 25.5 Å². The molecule has 0 aliphatic heterocycles. The number of hydrogen-bond acceptors (Lipinski definition) is 3. The molecule has 0 spiro atoms. The Morgan fingerprint density at radius 1 is 1.44 bits per heavy atom. The second-order valence-electron chi connectivity index (χ2n) is 3.10. The summed E-state index contributed by atoms with van der Waals surface area (Å²) in [4.78, 5) is 15.5. The van der Waals surface area contributed by atoms with Crippen LogP contribution in [0.5, 0.6) is 5.75 Å². The van der Waals surface area contributed by atoms with Gasteiger partial charge in [-0.2, -0.15) is 4.99 Å². The lowest BCUT2D eigenvalue weighted by Gasteiger charge is -2.02. The van der Waals surface area contributed by atoms with Gasteiger partial charge in [-0.25, -0.2) is 0 Å². The van der Waals surface area contributed by atoms with E-state index in [0.29, 0.717) is 23.8 Å². The number of carbonyl (C=O) groups excluding carboxylic acids is 1. The van der Waals surface area contributed by atoms with Gasteiger partial charge in [0.1, 0.15) is 5.75 Å². The van der Waals surface area contributed by atoms with Gasteiger partial charge < -0.3 is 9.47 Å². The number of hydrogen-bond donors (Lipinski definition) is 0. The highest BCUT2D eigenvalue weighted by Crippen LogP contribution is 2.13. The molecule has 0 fully saturated rings. The maximum absolute atomic E-state index is 11.7. The lowest BCUT2D eigenvalue weighted by molar-refractivity contribution is 0.0999. The van der Waals surface area contributed by atoms with Crippen LogP contribution >= 0.6 is 0 Å². The van der Waals surface area contributed by atoms with Crippen molar-refractivity contribution in [3.05, 3.63) is 29.8 Å². The van der Waals surface area contributed by atoms with Crippen molar-refractivity contribution in [2.45, 2.75) is 13.8 Å². The average molecular weight is 221 g/mol. The van der Waals surface area contributed by atoms with Crippen molar-refractivity contribution >= 4 is 11.8 Å². The predicted molar refractivity (Wildman–Crippen MR) is 62.1 cm³/mol. The zero-order valence-electron chi connectivity index (χ0n) is 9.69. The van der Waals surface area contributed by atoms with Crippen LogP contribution in [0.4, 0.5) is 0 Å². The highest BCUT2D eigenvalue weighted by atomic mass is 16.5. The number of aliphatic imine (C=N–C) groups is 1.